The van der Waals surface area contributed by atoms with Gasteiger partial charge in [0.05, 0.1) is 9.93 Å². The highest BCUT2D eigenvalue weighted by molar-refractivity contribution is 8.07. The van der Waals surface area contributed by atoms with Crippen LogP contribution in [0.5, 0.6) is 0 Å². The number of hydrogen-bond donors (Lipinski definition) is 1. The highest BCUT2D eigenvalue weighted by atomic mass is 32.2. The fourth-order valence-corrected chi connectivity index (χ4v) is 7.41. The molecule has 2 heterocycles. The number of carbonyl (C=O) groups is 1. The van der Waals surface area contributed by atoms with Crippen molar-refractivity contribution in [2.75, 3.05) is 39.3 Å². The number of piperazine rings is 1. The molecule has 204 valence electrons. The number of aliphatic hydroxyl groups is 1. The summed E-state index contributed by atoms with van der Waals surface area (Å²) in [6.45, 7) is 19.0. The molecule has 0 atom stereocenters. The van der Waals surface area contributed by atoms with Gasteiger partial charge < -0.3 is 10.0 Å². The molecule has 1 aromatic rings. The Morgan fingerprint density at radius 2 is 1.68 bits per heavy atom. The minimum atomic E-state index is -0.0202. The summed E-state index contributed by atoms with van der Waals surface area (Å²) in [5.74, 6) is 0.251. The number of unbranched alkanes of at least 4 members (excludes halogenated alkanes) is 1. The summed E-state index contributed by atoms with van der Waals surface area (Å²) >= 11 is 1.72. The standard InChI is InChI=1S/C32H48N2O2S/c1-23(2)29(36)30-25(24-12-13-26-27(22-24)32(5,6)15-14-31(26,3)4)10-9-11-28(37-30)34-19-17-33(18-20-34)16-7-8-21-35/h11-13,22-23,35H,7-10,14-21H2,1-6H3. The number of aliphatic hydroxyl groups excluding tert-OH is 1. The molecule has 0 amide bonds. The third-order valence-corrected chi connectivity index (χ3v) is 10.00. The van der Waals surface area contributed by atoms with E-state index in [1.54, 1.807) is 11.8 Å². The molecule has 4 rings (SSSR count). The van der Waals surface area contributed by atoms with Gasteiger partial charge >= 0.3 is 0 Å². The maximum Gasteiger partial charge on any atom is 0.172 e. The van der Waals surface area contributed by atoms with Crippen molar-refractivity contribution in [3.63, 3.8) is 0 Å². The van der Waals surface area contributed by atoms with Crippen LogP contribution < -0.4 is 0 Å². The first-order chi connectivity index (χ1) is 17.5. The van der Waals surface area contributed by atoms with Gasteiger partial charge in [0.1, 0.15) is 0 Å². The summed E-state index contributed by atoms with van der Waals surface area (Å²) in [6, 6.07) is 7.08. The molecule has 0 spiro atoms. The maximum absolute atomic E-state index is 13.6. The van der Waals surface area contributed by atoms with Crippen molar-refractivity contribution in [3.8, 4) is 0 Å². The molecule has 2 aliphatic heterocycles. The van der Waals surface area contributed by atoms with Crippen LogP contribution in [-0.2, 0) is 15.6 Å². The zero-order valence-electron chi connectivity index (χ0n) is 24.0. The molecule has 1 fully saturated rings. The average Bonchev–Trinajstić information content (AvgIpc) is 3.10. The van der Waals surface area contributed by atoms with Crippen molar-refractivity contribution >= 4 is 23.1 Å². The van der Waals surface area contributed by atoms with Crippen molar-refractivity contribution < 1.29 is 9.90 Å². The minimum absolute atomic E-state index is 0.0202. The van der Waals surface area contributed by atoms with Gasteiger partial charge in [0.15, 0.2) is 5.78 Å². The molecule has 1 aromatic carbocycles. The SMILES string of the molecule is CC(C)C(=O)C1=C(c2ccc3c(c2)C(C)(C)CCC3(C)C)CCC=C(N2CCN(CCCCO)CC2)S1. The molecule has 0 saturated carbocycles. The van der Waals surface area contributed by atoms with Gasteiger partial charge in [-0.2, -0.15) is 0 Å². The first kappa shape index (κ1) is 28.4. The highest BCUT2D eigenvalue weighted by Crippen LogP contribution is 2.48. The van der Waals surface area contributed by atoms with Crippen LogP contribution in [0.15, 0.2) is 34.2 Å². The number of thioether (sulfide) groups is 1. The van der Waals surface area contributed by atoms with E-state index in [0.29, 0.717) is 0 Å². The molecule has 3 aliphatic rings. The Labute approximate surface area is 229 Å². The van der Waals surface area contributed by atoms with E-state index in [-0.39, 0.29) is 29.1 Å². The van der Waals surface area contributed by atoms with Crippen LogP contribution in [0, 0.1) is 5.92 Å². The fourth-order valence-electron chi connectivity index (χ4n) is 6.01. The van der Waals surface area contributed by atoms with Crippen LogP contribution in [-0.4, -0.2) is 60.0 Å². The predicted octanol–water partition coefficient (Wildman–Crippen LogP) is 6.73. The van der Waals surface area contributed by atoms with E-state index in [1.165, 1.54) is 40.1 Å². The number of hydrogen-bond acceptors (Lipinski definition) is 5. The molecule has 4 nitrogen and oxygen atoms in total. The number of ketones is 1. The number of benzene rings is 1. The second-order valence-corrected chi connectivity index (χ2v) is 13.8. The van der Waals surface area contributed by atoms with Crippen LogP contribution in [0.3, 0.4) is 0 Å². The molecule has 1 N–H and O–H groups in total. The van der Waals surface area contributed by atoms with Gasteiger partial charge in [-0.05, 0) is 78.2 Å². The molecule has 1 aliphatic carbocycles. The van der Waals surface area contributed by atoms with Crippen LogP contribution in [0.1, 0.15) is 96.8 Å². The first-order valence-electron chi connectivity index (χ1n) is 14.4. The zero-order valence-corrected chi connectivity index (χ0v) is 24.8. The minimum Gasteiger partial charge on any atom is -0.396 e. The Kier molecular flexibility index (Phi) is 8.97. The number of nitrogens with zero attached hydrogens (tertiary/aromatic N) is 2. The van der Waals surface area contributed by atoms with E-state index in [9.17, 15) is 4.79 Å². The summed E-state index contributed by atoms with van der Waals surface area (Å²) in [5, 5.41) is 10.3. The van der Waals surface area contributed by atoms with Gasteiger partial charge in [0, 0.05) is 38.7 Å². The smallest absolute Gasteiger partial charge is 0.172 e. The summed E-state index contributed by atoms with van der Waals surface area (Å²) < 4.78 is 0. The Morgan fingerprint density at radius 1 is 1.00 bits per heavy atom. The van der Waals surface area contributed by atoms with Gasteiger partial charge in [-0.3, -0.25) is 9.69 Å². The average molecular weight is 525 g/mol. The fraction of sp³-hybridized carbons (Fsp3) is 0.656. The van der Waals surface area contributed by atoms with Crippen LogP contribution in [0.4, 0.5) is 0 Å². The lowest BCUT2D eigenvalue weighted by Gasteiger charge is -2.42. The lowest BCUT2D eigenvalue weighted by molar-refractivity contribution is -0.117. The molecule has 5 heteroatoms. The Bertz CT molecular complexity index is 1040. The monoisotopic (exact) mass is 524 g/mol. The molecule has 37 heavy (non-hydrogen) atoms. The molecular formula is C32H48N2O2S. The van der Waals surface area contributed by atoms with Crippen molar-refractivity contribution in [1.29, 1.82) is 0 Å². The lowest BCUT2D eigenvalue weighted by atomic mass is 9.63. The van der Waals surface area contributed by atoms with Crippen LogP contribution in [0.2, 0.25) is 0 Å². The summed E-state index contributed by atoms with van der Waals surface area (Å²) in [6.07, 6.45) is 8.60. The van der Waals surface area contributed by atoms with Crippen molar-refractivity contribution in [3.05, 3.63) is 50.9 Å². The zero-order chi connectivity index (χ0) is 26.8. The van der Waals surface area contributed by atoms with E-state index in [2.05, 4.69) is 61.8 Å². The third-order valence-electron chi connectivity index (χ3n) is 8.71. The number of carbonyl (C=O) groups excluding carboxylic acids is 1. The highest BCUT2D eigenvalue weighted by Gasteiger charge is 2.37. The maximum atomic E-state index is 13.6. The molecule has 0 bridgehead atoms. The van der Waals surface area contributed by atoms with Crippen LogP contribution in [0.25, 0.3) is 5.57 Å². The number of rotatable bonds is 8. The van der Waals surface area contributed by atoms with Crippen molar-refractivity contribution in [2.45, 2.75) is 90.9 Å². The van der Waals surface area contributed by atoms with Crippen molar-refractivity contribution in [1.82, 2.24) is 9.80 Å². The normalized spacial score (nSPS) is 22.1. The van der Waals surface area contributed by atoms with Gasteiger partial charge in [-0.1, -0.05) is 77.6 Å². The van der Waals surface area contributed by atoms with E-state index in [1.807, 2.05) is 13.8 Å². The third kappa shape index (κ3) is 6.37. The van der Waals surface area contributed by atoms with E-state index in [4.69, 9.17) is 5.11 Å². The number of allylic oxidation sites excluding steroid dienone is 3. The molecule has 1 saturated heterocycles. The Morgan fingerprint density at radius 3 is 2.32 bits per heavy atom. The van der Waals surface area contributed by atoms with Crippen LogP contribution >= 0.6 is 11.8 Å². The lowest BCUT2D eigenvalue weighted by Crippen LogP contribution is -2.45. The second kappa shape index (κ2) is 11.7. The largest absolute Gasteiger partial charge is 0.396 e. The molecule has 0 unspecified atom stereocenters. The molecule has 0 radical (unpaired) electrons. The predicted molar refractivity (Wildman–Crippen MR) is 158 cm³/mol. The molecular weight excluding hydrogens is 476 g/mol. The van der Waals surface area contributed by atoms with E-state index < -0.39 is 0 Å². The van der Waals surface area contributed by atoms with E-state index in [0.717, 1.165) is 63.3 Å². The summed E-state index contributed by atoms with van der Waals surface area (Å²) in [7, 11) is 0. The van der Waals surface area contributed by atoms with Crippen molar-refractivity contribution in [2.24, 2.45) is 5.92 Å². The first-order valence-corrected chi connectivity index (χ1v) is 15.2. The Balaban J connectivity index is 1.62. The molecule has 0 aromatic heterocycles. The number of fused-ring (bicyclic) bond motifs is 1. The van der Waals surface area contributed by atoms with Gasteiger partial charge in [0.25, 0.3) is 0 Å². The Hall–Kier alpha value is -1.56. The topological polar surface area (TPSA) is 43.8 Å². The number of Topliss-reactive ketones (excluding diaryl/α,β-unsaturated/α-hetero) is 1. The van der Waals surface area contributed by atoms with Gasteiger partial charge in [0.2, 0.25) is 0 Å². The summed E-state index contributed by atoms with van der Waals surface area (Å²) in [4.78, 5) is 19.6. The summed E-state index contributed by atoms with van der Waals surface area (Å²) in [5.41, 5.74) is 5.76. The second-order valence-electron chi connectivity index (χ2n) is 12.8. The quantitative estimate of drug-likeness (QED) is 0.382. The van der Waals surface area contributed by atoms with Gasteiger partial charge in [-0.15, -0.1) is 0 Å². The van der Waals surface area contributed by atoms with Gasteiger partial charge in [-0.25, -0.2) is 0 Å². The van der Waals surface area contributed by atoms with E-state index >= 15 is 0 Å².